The van der Waals surface area contributed by atoms with Crippen molar-refractivity contribution in [3.8, 4) is 11.5 Å². The first-order valence-corrected chi connectivity index (χ1v) is 8.08. The molecule has 0 saturated heterocycles. The molecule has 2 aromatic rings. The van der Waals surface area contributed by atoms with Gasteiger partial charge in [-0.25, -0.2) is 0 Å². The Hall–Kier alpha value is -1.04. The Labute approximate surface area is 141 Å². The second-order valence-electron chi connectivity index (χ2n) is 4.55. The zero-order chi connectivity index (χ0) is 15.2. The Morgan fingerprint density at radius 1 is 0.952 bits per heavy atom. The minimum absolute atomic E-state index is 0.716. The van der Waals surface area contributed by atoms with Gasteiger partial charge in [0.25, 0.3) is 0 Å². The molecule has 0 fully saturated rings. The van der Waals surface area contributed by atoms with Crippen molar-refractivity contribution in [3.05, 3.63) is 56.5 Å². The first-order chi connectivity index (χ1) is 10.1. The highest BCUT2D eigenvalue weighted by molar-refractivity contribution is 9.10. The number of methoxy groups -OCH3 is 2. The van der Waals surface area contributed by atoms with Gasteiger partial charge in [0.15, 0.2) is 11.5 Å². The molecular formula is C16H17Br2NO2. The predicted octanol–water partition coefficient (Wildman–Crippen LogP) is 4.52. The number of halogens is 2. The van der Waals surface area contributed by atoms with Gasteiger partial charge in [-0.2, -0.15) is 0 Å². The highest BCUT2D eigenvalue weighted by atomic mass is 79.9. The third-order valence-electron chi connectivity index (χ3n) is 3.04. The van der Waals surface area contributed by atoms with E-state index in [0.717, 1.165) is 33.3 Å². The smallest absolute Gasteiger partial charge is 0.174 e. The normalized spacial score (nSPS) is 10.5. The fourth-order valence-corrected chi connectivity index (χ4v) is 3.17. The van der Waals surface area contributed by atoms with E-state index in [9.17, 15) is 0 Å². The van der Waals surface area contributed by atoms with Crippen LogP contribution in [0, 0.1) is 0 Å². The van der Waals surface area contributed by atoms with Gasteiger partial charge in [-0.1, -0.05) is 28.1 Å². The maximum absolute atomic E-state index is 5.35. The summed E-state index contributed by atoms with van der Waals surface area (Å²) >= 11 is 6.99. The summed E-state index contributed by atoms with van der Waals surface area (Å²) in [7, 11) is 3.27. The number of benzene rings is 2. The van der Waals surface area contributed by atoms with Gasteiger partial charge in [0.05, 0.1) is 18.7 Å². The molecule has 0 aliphatic carbocycles. The van der Waals surface area contributed by atoms with Gasteiger partial charge in [0.1, 0.15) is 0 Å². The molecule has 0 bridgehead atoms. The van der Waals surface area contributed by atoms with Gasteiger partial charge < -0.3 is 14.8 Å². The van der Waals surface area contributed by atoms with E-state index >= 15 is 0 Å². The lowest BCUT2D eigenvalue weighted by Gasteiger charge is -2.12. The van der Waals surface area contributed by atoms with E-state index in [-0.39, 0.29) is 0 Å². The fraction of sp³-hybridized carbons (Fsp3) is 0.250. The van der Waals surface area contributed by atoms with Crippen LogP contribution < -0.4 is 14.8 Å². The highest BCUT2D eigenvalue weighted by Crippen LogP contribution is 2.36. The second kappa shape index (κ2) is 7.82. The third-order valence-corrected chi connectivity index (χ3v) is 4.12. The summed E-state index contributed by atoms with van der Waals surface area (Å²) in [4.78, 5) is 0. The van der Waals surface area contributed by atoms with E-state index in [0.29, 0.717) is 5.75 Å². The van der Waals surface area contributed by atoms with Crippen molar-refractivity contribution >= 4 is 31.9 Å². The van der Waals surface area contributed by atoms with Crippen LogP contribution in [0.5, 0.6) is 11.5 Å². The summed E-state index contributed by atoms with van der Waals surface area (Å²) in [6.07, 6.45) is 0. The van der Waals surface area contributed by atoms with Gasteiger partial charge in [0.2, 0.25) is 0 Å². The Balaban J connectivity index is 2.02. The lowest BCUT2D eigenvalue weighted by atomic mass is 10.2. The van der Waals surface area contributed by atoms with Gasteiger partial charge in [-0.3, -0.25) is 0 Å². The largest absolute Gasteiger partial charge is 0.493 e. The maximum Gasteiger partial charge on any atom is 0.174 e. The fourth-order valence-electron chi connectivity index (χ4n) is 2.07. The van der Waals surface area contributed by atoms with Crippen molar-refractivity contribution in [1.82, 2.24) is 5.32 Å². The van der Waals surface area contributed by atoms with Crippen LogP contribution >= 0.6 is 31.9 Å². The van der Waals surface area contributed by atoms with Crippen LogP contribution in [0.2, 0.25) is 0 Å². The van der Waals surface area contributed by atoms with Crippen LogP contribution in [-0.2, 0) is 13.1 Å². The number of ether oxygens (including phenoxy) is 2. The molecule has 2 aromatic carbocycles. The van der Waals surface area contributed by atoms with Gasteiger partial charge in [-0.15, -0.1) is 0 Å². The molecule has 0 aliphatic rings. The Morgan fingerprint density at radius 3 is 2.38 bits per heavy atom. The van der Waals surface area contributed by atoms with Crippen molar-refractivity contribution in [1.29, 1.82) is 0 Å². The minimum atomic E-state index is 0.716. The average Bonchev–Trinajstić information content (AvgIpc) is 2.46. The standard InChI is InChI=1S/C16H17Br2NO2/c1-20-15-8-12(7-14(18)16(15)21-2)10-19-9-11-4-3-5-13(17)6-11/h3-8,19H,9-10H2,1-2H3. The number of hydrogen-bond donors (Lipinski definition) is 1. The first kappa shape index (κ1) is 16.3. The average molecular weight is 415 g/mol. The third kappa shape index (κ3) is 4.46. The molecule has 0 spiro atoms. The van der Waals surface area contributed by atoms with Gasteiger partial charge >= 0.3 is 0 Å². The highest BCUT2D eigenvalue weighted by Gasteiger charge is 2.10. The van der Waals surface area contributed by atoms with Crippen LogP contribution in [0.3, 0.4) is 0 Å². The van der Waals surface area contributed by atoms with Crippen LogP contribution in [-0.4, -0.2) is 14.2 Å². The molecule has 0 saturated carbocycles. The summed E-state index contributed by atoms with van der Waals surface area (Å²) in [6.45, 7) is 1.57. The quantitative estimate of drug-likeness (QED) is 0.753. The van der Waals surface area contributed by atoms with Gasteiger partial charge in [-0.05, 0) is 51.3 Å². The molecular weight excluding hydrogens is 398 g/mol. The van der Waals surface area contributed by atoms with Gasteiger partial charge in [0, 0.05) is 17.6 Å². The predicted molar refractivity (Wildman–Crippen MR) is 91.9 cm³/mol. The minimum Gasteiger partial charge on any atom is -0.493 e. The van der Waals surface area contributed by atoms with Crippen LogP contribution in [0.4, 0.5) is 0 Å². The summed E-state index contributed by atoms with van der Waals surface area (Å²) in [5.41, 5.74) is 2.37. The molecule has 0 atom stereocenters. The van der Waals surface area contributed by atoms with E-state index in [1.54, 1.807) is 14.2 Å². The molecule has 0 radical (unpaired) electrons. The lowest BCUT2D eigenvalue weighted by Crippen LogP contribution is -2.12. The molecule has 2 rings (SSSR count). The topological polar surface area (TPSA) is 30.5 Å². The summed E-state index contributed by atoms with van der Waals surface area (Å²) in [5.74, 6) is 1.44. The molecule has 5 heteroatoms. The number of hydrogen-bond acceptors (Lipinski definition) is 3. The lowest BCUT2D eigenvalue weighted by molar-refractivity contribution is 0.352. The van der Waals surface area contributed by atoms with Crippen molar-refractivity contribution in [3.63, 3.8) is 0 Å². The summed E-state index contributed by atoms with van der Waals surface area (Å²) in [6, 6.07) is 12.3. The zero-order valence-corrected chi connectivity index (χ0v) is 15.1. The molecule has 3 nitrogen and oxygen atoms in total. The molecule has 112 valence electrons. The van der Waals surface area contributed by atoms with E-state index in [4.69, 9.17) is 9.47 Å². The molecule has 1 N–H and O–H groups in total. The SMILES string of the molecule is COc1cc(CNCc2cccc(Br)c2)cc(Br)c1OC. The Bertz CT molecular complexity index is 617. The Morgan fingerprint density at radius 2 is 1.71 bits per heavy atom. The molecule has 0 heterocycles. The van der Waals surface area contributed by atoms with E-state index in [2.05, 4.69) is 49.3 Å². The molecule has 0 aromatic heterocycles. The first-order valence-electron chi connectivity index (χ1n) is 6.49. The summed E-state index contributed by atoms with van der Waals surface area (Å²) < 4.78 is 12.6. The Kier molecular flexibility index (Phi) is 6.08. The van der Waals surface area contributed by atoms with Crippen LogP contribution in [0.15, 0.2) is 45.3 Å². The molecule has 21 heavy (non-hydrogen) atoms. The molecule has 0 unspecified atom stereocenters. The maximum atomic E-state index is 5.35. The van der Waals surface area contributed by atoms with Crippen molar-refractivity contribution < 1.29 is 9.47 Å². The van der Waals surface area contributed by atoms with E-state index in [1.165, 1.54) is 5.56 Å². The second-order valence-corrected chi connectivity index (χ2v) is 6.32. The van der Waals surface area contributed by atoms with Crippen molar-refractivity contribution in [2.24, 2.45) is 0 Å². The molecule has 0 amide bonds. The van der Waals surface area contributed by atoms with E-state index < -0.39 is 0 Å². The van der Waals surface area contributed by atoms with Crippen molar-refractivity contribution in [2.45, 2.75) is 13.1 Å². The zero-order valence-electron chi connectivity index (χ0n) is 12.0. The van der Waals surface area contributed by atoms with Crippen LogP contribution in [0.1, 0.15) is 11.1 Å². The number of nitrogens with one attached hydrogen (secondary N) is 1. The summed E-state index contributed by atoms with van der Waals surface area (Å²) in [5, 5.41) is 3.42. The number of rotatable bonds is 6. The molecule has 0 aliphatic heterocycles. The monoisotopic (exact) mass is 413 g/mol. The van der Waals surface area contributed by atoms with Crippen LogP contribution in [0.25, 0.3) is 0 Å². The van der Waals surface area contributed by atoms with Crippen molar-refractivity contribution in [2.75, 3.05) is 14.2 Å². The van der Waals surface area contributed by atoms with E-state index in [1.807, 2.05) is 24.3 Å².